The van der Waals surface area contributed by atoms with Gasteiger partial charge in [0.25, 0.3) is 5.91 Å². The number of ether oxygens (including phenoxy) is 1. The maximum atomic E-state index is 13.8. The summed E-state index contributed by atoms with van der Waals surface area (Å²) in [6, 6.07) is 19.7. The van der Waals surface area contributed by atoms with Crippen LogP contribution in [0.2, 0.25) is 5.02 Å². The third-order valence-electron chi connectivity index (χ3n) is 11.9. The van der Waals surface area contributed by atoms with E-state index in [1.807, 2.05) is 32.6 Å². The van der Waals surface area contributed by atoms with E-state index in [0.29, 0.717) is 80.1 Å². The zero-order valence-corrected chi connectivity index (χ0v) is 39.1. The molecule has 1 heterocycles. The number of nitrogens with one attached hydrogen (secondary N) is 5. The molecule has 4 rings (SSSR count). The van der Waals surface area contributed by atoms with Gasteiger partial charge in [0.05, 0.1) is 22.5 Å². The highest BCUT2D eigenvalue weighted by atomic mass is 35.5. The number of rotatable bonds is 24. The molecule has 3 aromatic carbocycles. The summed E-state index contributed by atoms with van der Waals surface area (Å²) in [5.74, 6) is -0.619. The third kappa shape index (κ3) is 16.3. The largest absolute Gasteiger partial charge is 0.449 e. The molecule has 0 unspecified atom stereocenters. The van der Waals surface area contributed by atoms with Crippen molar-refractivity contribution < 1.29 is 33.9 Å². The fourth-order valence-electron chi connectivity index (χ4n) is 7.09. The Kier molecular flexibility index (Phi) is 19.9. The number of nitrogens with zero attached hydrogens (tertiary/aromatic N) is 4. The van der Waals surface area contributed by atoms with Crippen molar-refractivity contribution in [2.75, 3.05) is 51.1 Å². The predicted molar refractivity (Wildman–Crippen MR) is 255 cm³/mol. The molecule has 0 saturated carbocycles. The number of carbonyl (C=O) groups excluding carboxylic acids is 3. The molecule has 3 amide bonds. The van der Waals surface area contributed by atoms with Crippen LogP contribution in [0.5, 0.6) is 5.75 Å². The van der Waals surface area contributed by atoms with Gasteiger partial charge in [-0.1, -0.05) is 46.2 Å². The molecule has 0 atom stereocenters. The van der Waals surface area contributed by atoms with Crippen LogP contribution < -0.4 is 26.0 Å². The van der Waals surface area contributed by atoms with Crippen LogP contribution in [0, 0.1) is 17.1 Å². The van der Waals surface area contributed by atoms with Gasteiger partial charge >= 0.3 is 0 Å². The molecule has 1 aliphatic heterocycles. The van der Waals surface area contributed by atoms with E-state index in [0.717, 1.165) is 36.6 Å². The summed E-state index contributed by atoms with van der Waals surface area (Å²) in [6.07, 6.45) is 4.25. The van der Waals surface area contributed by atoms with E-state index in [2.05, 4.69) is 31.6 Å². The normalized spacial score (nSPS) is 14.6. The number of benzene rings is 3. The van der Waals surface area contributed by atoms with E-state index in [-0.39, 0.29) is 47.8 Å². The van der Waals surface area contributed by atoms with E-state index in [1.54, 1.807) is 79.4 Å². The van der Waals surface area contributed by atoms with Crippen molar-refractivity contribution in [3.8, 4) is 16.9 Å². The molecular weight excluding hydrogens is 853 g/mol. The van der Waals surface area contributed by atoms with Crippen molar-refractivity contribution >= 4 is 52.6 Å². The Balaban J connectivity index is 1.30. The average molecular weight is 919 g/mol. The van der Waals surface area contributed by atoms with Gasteiger partial charge in [0.1, 0.15) is 17.3 Å². The summed E-state index contributed by atoms with van der Waals surface area (Å²) in [7, 11) is 0. The monoisotopic (exact) mass is 917 g/mol. The van der Waals surface area contributed by atoms with Crippen LogP contribution in [0.25, 0.3) is 11.1 Å². The van der Waals surface area contributed by atoms with Crippen molar-refractivity contribution in [1.82, 2.24) is 25.8 Å². The minimum absolute atomic E-state index is 0.0788. The molecule has 17 heteroatoms. The Morgan fingerprint density at radius 3 is 1.82 bits per heavy atom. The van der Waals surface area contributed by atoms with Gasteiger partial charge in [0, 0.05) is 62.5 Å². The molecule has 0 radical (unpaired) electrons. The minimum atomic E-state index is -0.581. The Morgan fingerprint density at radius 2 is 1.29 bits per heavy atom. The number of carbonyl (C=O) groups is 3. The van der Waals surface area contributed by atoms with Crippen LogP contribution >= 0.6 is 11.6 Å². The summed E-state index contributed by atoms with van der Waals surface area (Å²) in [4.78, 5) is 43.6. The van der Waals surface area contributed by atoms with Gasteiger partial charge in [0.2, 0.25) is 17.6 Å². The Morgan fingerprint density at radius 1 is 0.785 bits per heavy atom. The van der Waals surface area contributed by atoms with Crippen LogP contribution in [0.1, 0.15) is 80.1 Å². The highest BCUT2D eigenvalue weighted by molar-refractivity contribution is 6.30. The van der Waals surface area contributed by atoms with Crippen LogP contribution in [0.15, 0.2) is 94.6 Å². The third-order valence-corrected chi connectivity index (χ3v) is 12.2. The first-order chi connectivity index (χ1) is 31.0. The number of hydrogen-bond acceptors (Lipinski definition) is 12. The summed E-state index contributed by atoms with van der Waals surface area (Å²) < 4.78 is 19.7. The highest BCUT2D eigenvalue weighted by Crippen LogP contribution is 2.26. The number of piperazine rings is 1. The molecule has 1 aliphatic rings. The van der Waals surface area contributed by atoms with Gasteiger partial charge in [0.15, 0.2) is 0 Å². The fourth-order valence-corrected chi connectivity index (χ4v) is 7.21. The van der Waals surface area contributed by atoms with Crippen LogP contribution in [-0.2, 0) is 14.4 Å². The summed E-state index contributed by atoms with van der Waals surface area (Å²) in [5, 5.41) is 46.8. The van der Waals surface area contributed by atoms with Crippen molar-refractivity contribution in [3.63, 3.8) is 0 Å². The lowest BCUT2D eigenvalue weighted by atomic mass is 9.94. The molecule has 1 saturated heterocycles. The molecule has 352 valence electrons. The maximum Gasteiger partial charge on any atom is 0.293 e. The number of allylic oxidation sites excluding steroid dienone is 1. The number of anilines is 1. The molecule has 3 aromatic rings. The van der Waals surface area contributed by atoms with Crippen molar-refractivity contribution in [2.24, 2.45) is 16.2 Å². The van der Waals surface area contributed by atoms with Gasteiger partial charge in [-0.2, -0.15) is 0 Å². The SMILES string of the molecule is C/C(=N/O)C(C)(C)NCCC(CCNC(=O)CCCC(=O)N1CCN(/C(C=N)=C(\Oc2ccc(-c3ccc(F)cc3)cc2)C(=O)Nc2ccc(Cl)cc2)CC1)CCNC(C)(C)/C(C)=N\O. The Hall–Kier alpha value is -5.84. The Bertz CT molecular complexity index is 2100. The lowest BCUT2D eigenvalue weighted by Crippen LogP contribution is -2.49. The number of halogens is 2. The van der Waals surface area contributed by atoms with Gasteiger partial charge in [-0.25, -0.2) is 4.39 Å². The van der Waals surface area contributed by atoms with Gasteiger partial charge in [-0.05, 0) is 146 Å². The van der Waals surface area contributed by atoms with Crippen molar-refractivity contribution in [1.29, 1.82) is 5.41 Å². The first kappa shape index (κ1) is 51.8. The van der Waals surface area contributed by atoms with Crippen molar-refractivity contribution in [3.05, 3.63) is 95.1 Å². The maximum absolute atomic E-state index is 13.8. The quantitative estimate of drug-likeness (QED) is 0.0155. The molecule has 7 N–H and O–H groups in total. The van der Waals surface area contributed by atoms with E-state index < -0.39 is 17.0 Å². The summed E-state index contributed by atoms with van der Waals surface area (Å²) >= 11 is 6.06. The van der Waals surface area contributed by atoms with Crippen LogP contribution in [0.3, 0.4) is 0 Å². The molecule has 0 aliphatic carbocycles. The topological polar surface area (TPSA) is 204 Å². The van der Waals surface area contributed by atoms with Crippen molar-refractivity contribution in [2.45, 2.75) is 91.1 Å². The van der Waals surface area contributed by atoms with Crippen LogP contribution in [0.4, 0.5) is 10.1 Å². The standard InChI is InChI=1S/C48H65ClFN9O6/c1-33(56-63)47(3,4)53-26-23-35(24-27-54-48(5,6)34(2)57-64)22-25-52-43(60)8-7-9-44(61)59-30-28-58(29-31-59)42(32-51)45(46(62)55-40-18-14-38(49)15-19-40)65-41-20-12-37(13-21-41)36-10-16-39(50)17-11-36/h10-21,32,35,51,53-54,63-64H,7-9,22-31H2,1-6H3,(H,52,60)(H,55,62)/b45-42-,51-32?,56-33-,57-34-. The molecule has 15 nitrogen and oxygen atoms in total. The second kappa shape index (κ2) is 25.0. The average Bonchev–Trinajstić information content (AvgIpc) is 3.29. The van der Waals surface area contributed by atoms with Crippen LogP contribution in [-0.4, -0.2) is 112 Å². The fraction of sp³-hybridized carbons (Fsp3) is 0.458. The van der Waals surface area contributed by atoms with E-state index in [1.165, 1.54) is 12.1 Å². The van der Waals surface area contributed by atoms with E-state index in [4.69, 9.17) is 21.7 Å². The second-order valence-corrected chi connectivity index (χ2v) is 17.7. The molecule has 1 fully saturated rings. The van der Waals surface area contributed by atoms with E-state index in [9.17, 15) is 29.2 Å². The molecule has 0 aromatic heterocycles. The van der Waals surface area contributed by atoms with Gasteiger partial charge in [-0.15, -0.1) is 0 Å². The zero-order valence-electron chi connectivity index (χ0n) is 38.3. The molecule has 0 spiro atoms. The zero-order chi connectivity index (χ0) is 47.6. The first-order valence-corrected chi connectivity index (χ1v) is 22.4. The summed E-state index contributed by atoms with van der Waals surface area (Å²) in [5.41, 5.74) is 2.55. The highest BCUT2D eigenvalue weighted by Gasteiger charge is 2.28. The van der Waals surface area contributed by atoms with Gasteiger partial charge in [-0.3, -0.25) is 14.4 Å². The molecule has 0 bridgehead atoms. The lowest BCUT2D eigenvalue weighted by molar-refractivity contribution is -0.133. The molecular formula is C48H65ClFN9O6. The number of amides is 3. The number of hydrogen-bond donors (Lipinski definition) is 7. The second-order valence-electron chi connectivity index (χ2n) is 17.2. The molecule has 65 heavy (non-hydrogen) atoms. The van der Waals surface area contributed by atoms with Gasteiger partial charge < -0.3 is 51.6 Å². The van der Waals surface area contributed by atoms with E-state index >= 15 is 0 Å². The Labute approximate surface area is 387 Å². The number of oxime groups is 2. The summed E-state index contributed by atoms with van der Waals surface area (Å²) in [6.45, 7) is 14.6. The first-order valence-electron chi connectivity index (χ1n) is 22.0. The lowest BCUT2D eigenvalue weighted by Gasteiger charge is -2.36. The minimum Gasteiger partial charge on any atom is -0.449 e. The predicted octanol–water partition coefficient (Wildman–Crippen LogP) is 7.68. The smallest absolute Gasteiger partial charge is 0.293 e.